The Bertz CT molecular complexity index is 953. The summed E-state index contributed by atoms with van der Waals surface area (Å²) in [6.07, 6.45) is 1.65. The number of hydrogen-bond acceptors (Lipinski definition) is 6. The van der Waals surface area contributed by atoms with Gasteiger partial charge in [0.2, 0.25) is 0 Å². The fraction of sp³-hybridized carbons (Fsp3) is 0.273. The Labute approximate surface area is 174 Å². The minimum absolute atomic E-state index is 0.261. The number of piperazine rings is 1. The summed E-state index contributed by atoms with van der Waals surface area (Å²) in [4.78, 5) is 21.4. The van der Waals surface area contributed by atoms with E-state index >= 15 is 0 Å². The Kier molecular flexibility index (Phi) is 6.07. The van der Waals surface area contributed by atoms with Gasteiger partial charge in [-0.25, -0.2) is 9.78 Å². The Balaban J connectivity index is 1.33. The number of thiophene rings is 1. The van der Waals surface area contributed by atoms with Crippen LogP contribution in [0, 0.1) is 0 Å². The highest BCUT2D eigenvalue weighted by molar-refractivity contribution is 7.09. The van der Waals surface area contributed by atoms with E-state index < -0.39 is 5.97 Å². The highest BCUT2D eigenvalue weighted by Gasteiger charge is 2.22. The van der Waals surface area contributed by atoms with Gasteiger partial charge in [-0.3, -0.25) is 4.90 Å². The average Bonchev–Trinajstić information content (AvgIpc) is 3.27. The molecule has 4 rings (SSSR count). The Morgan fingerprint density at radius 1 is 1.10 bits per heavy atom. The van der Waals surface area contributed by atoms with E-state index in [0.717, 1.165) is 38.5 Å². The first-order valence-electron chi connectivity index (χ1n) is 9.59. The molecule has 29 heavy (non-hydrogen) atoms. The molecule has 0 amide bonds. The molecule has 2 aromatic heterocycles. The molecular weight excluding hydrogens is 386 g/mol. The van der Waals surface area contributed by atoms with Gasteiger partial charge in [-0.05, 0) is 41.3 Å². The number of carboxylic acid groups (broad SMARTS) is 1. The highest BCUT2D eigenvalue weighted by Crippen LogP contribution is 2.21. The van der Waals surface area contributed by atoms with Crippen molar-refractivity contribution in [3.63, 3.8) is 0 Å². The molecule has 1 aliphatic heterocycles. The van der Waals surface area contributed by atoms with Gasteiger partial charge in [0, 0.05) is 43.8 Å². The number of nitrogens with zero attached hydrogens (tertiary/aromatic N) is 3. The lowest BCUT2D eigenvalue weighted by Gasteiger charge is -2.35. The van der Waals surface area contributed by atoms with Crippen LogP contribution in [-0.4, -0.2) is 47.1 Å². The van der Waals surface area contributed by atoms with Crippen molar-refractivity contribution in [2.45, 2.75) is 13.2 Å². The molecule has 7 heteroatoms. The van der Waals surface area contributed by atoms with E-state index in [0.29, 0.717) is 12.4 Å². The van der Waals surface area contributed by atoms with Gasteiger partial charge in [0.25, 0.3) is 0 Å². The summed E-state index contributed by atoms with van der Waals surface area (Å²) in [5.41, 5.74) is 1.47. The summed E-state index contributed by atoms with van der Waals surface area (Å²) in [7, 11) is 0. The van der Waals surface area contributed by atoms with Crippen molar-refractivity contribution in [1.82, 2.24) is 9.88 Å². The minimum Gasteiger partial charge on any atom is -0.488 e. The van der Waals surface area contributed by atoms with Crippen molar-refractivity contribution in [2.24, 2.45) is 0 Å². The molecule has 6 nitrogen and oxygen atoms in total. The Morgan fingerprint density at radius 2 is 1.97 bits per heavy atom. The number of carbonyl (C=O) groups is 1. The molecule has 1 aliphatic rings. The van der Waals surface area contributed by atoms with E-state index in [-0.39, 0.29) is 5.56 Å². The van der Waals surface area contributed by atoms with Crippen molar-refractivity contribution < 1.29 is 14.6 Å². The normalized spacial score (nSPS) is 14.7. The van der Waals surface area contributed by atoms with E-state index in [4.69, 9.17) is 4.74 Å². The number of aromatic carboxylic acids is 1. The van der Waals surface area contributed by atoms with E-state index in [1.54, 1.807) is 29.7 Å². The first kappa shape index (κ1) is 19.4. The van der Waals surface area contributed by atoms with Gasteiger partial charge in [0.05, 0.1) is 0 Å². The fourth-order valence-electron chi connectivity index (χ4n) is 3.47. The SMILES string of the molecule is O=C(O)c1cccnc1N1CCN(Cc2cccc(OCc3cccs3)c2)CC1. The van der Waals surface area contributed by atoms with E-state index in [1.165, 1.54) is 10.4 Å². The van der Waals surface area contributed by atoms with Gasteiger partial charge in [-0.15, -0.1) is 11.3 Å². The third-order valence-electron chi connectivity index (χ3n) is 4.95. The molecule has 150 valence electrons. The third kappa shape index (κ3) is 4.93. The lowest BCUT2D eigenvalue weighted by atomic mass is 10.1. The maximum Gasteiger partial charge on any atom is 0.339 e. The molecule has 0 spiro atoms. The summed E-state index contributed by atoms with van der Waals surface area (Å²) < 4.78 is 5.91. The van der Waals surface area contributed by atoms with Crippen LogP contribution >= 0.6 is 11.3 Å². The van der Waals surface area contributed by atoms with Crippen LogP contribution in [0.2, 0.25) is 0 Å². The quantitative estimate of drug-likeness (QED) is 0.641. The first-order valence-corrected chi connectivity index (χ1v) is 10.5. The summed E-state index contributed by atoms with van der Waals surface area (Å²) in [5.74, 6) is 0.507. The van der Waals surface area contributed by atoms with Gasteiger partial charge in [0.1, 0.15) is 23.7 Å². The van der Waals surface area contributed by atoms with Gasteiger partial charge < -0.3 is 14.7 Å². The zero-order valence-corrected chi connectivity index (χ0v) is 16.8. The molecule has 0 aliphatic carbocycles. The van der Waals surface area contributed by atoms with E-state index in [2.05, 4.69) is 38.4 Å². The van der Waals surface area contributed by atoms with Crippen LogP contribution < -0.4 is 9.64 Å². The molecule has 0 unspecified atom stereocenters. The Hall–Kier alpha value is -2.90. The number of hydrogen-bond donors (Lipinski definition) is 1. The number of benzene rings is 1. The molecule has 0 radical (unpaired) electrons. The molecule has 1 aromatic carbocycles. The minimum atomic E-state index is -0.935. The number of carboxylic acids is 1. The fourth-order valence-corrected chi connectivity index (χ4v) is 4.09. The molecule has 0 atom stereocenters. The summed E-state index contributed by atoms with van der Waals surface area (Å²) in [6.45, 7) is 4.66. The highest BCUT2D eigenvalue weighted by atomic mass is 32.1. The lowest BCUT2D eigenvalue weighted by Crippen LogP contribution is -2.46. The molecule has 1 saturated heterocycles. The van der Waals surface area contributed by atoms with Crippen LogP contribution in [0.4, 0.5) is 5.82 Å². The van der Waals surface area contributed by atoms with E-state index in [9.17, 15) is 9.90 Å². The molecule has 3 aromatic rings. The Morgan fingerprint density at radius 3 is 2.72 bits per heavy atom. The standard InChI is InChI=1S/C22H23N3O3S/c26-22(27)20-7-2-8-23-21(20)25-11-9-24(10-12-25)15-17-4-1-5-18(14-17)28-16-19-6-3-13-29-19/h1-8,13-14H,9-12,15-16H2,(H,26,27). The number of ether oxygens (including phenoxy) is 1. The molecule has 1 fully saturated rings. The van der Waals surface area contributed by atoms with E-state index in [1.807, 2.05) is 18.2 Å². The molecule has 0 saturated carbocycles. The number of pyridine rings is 1. The smallest absolute Gasteiger partial charge is 0.339 e. The second-order valence-electron chi connectivity index (χ2n) is 6.96. The largest absolute Gasteiger partial charge is 0.488 e. The summed E-state index contributed by atoms with van der Waals surface area (Å²) in [6, 6.07) is 15.6. The van der Waals surface area contributed by atoms with Crippen molar-refractivity contribution in [1.29, 1.82) is 0 Å². The van der Waals surface area contributed by atoms with Crippen LogP contribution in [-0.2, 0) is 13.2 Å². The molecular formula is C22H23N3O3S. The second-order valence-corrected chi connectivity index (χ2v) is 7.99. The van der Waals surface area contributed by atoms with Gasteiger partial charge >= 0.3 is 5.97 Å². The van der Waals surface area contributed by atoms with Crippen molar-refractivity contribution in [3.8, 4) is 5.75 Å². The van der Waals surface area contributed by atoms with Gasteiger partial charge in [0.15, 0.2) is 0 Å². The van der Waals surface area contributed by atoms with Gasteiger partial charge in [-0.1, -0.05) is 18.2 Å². The number of aromatic nitrogens is 1. The predicted octanol–water partition coefficient (Wildman–Crippen LogP) is 3.74. The second kappa shape index (κ2) is 9.07. The third-order valence-corrected chi connectivity index (χ3v) is 5.80. The molecule has 0 bridgehead atoms. The van der Waals surface area contributed by atoms with Gasteiger partial charge in [-0.2, -0.15) is 0 Å². The van der Waals surface area contributed by atoms with Crippen molar-refractivity contribution >= 4 is 23.1 Å². The lowest BCUT2D eigenvalue weighted by molar-refractivity contribution is 0.0697. The van der Waals surface area contributed by atoms with Crippen molar-refractivity contribution in [2.75, 3.05) is 31.1 Å². The van der Waals surface area contributed by atoms with Crippen LogP contribution in [0.15, 0.2) is 60.1 Å². The molecule has 1 N–H and O–H groups in total. The number of anilines is 1. The zero-order valence-electron chi connectivity index (χ0n) is 16.0. The first-order chi connectivity index (χ1) is 14.2. The average molecular weight is 410 g/mol. The maximum absolute atomic E-state index is 11.4. The summed E-state index contributed by atoms with van der Waals surface area (Å²) >= 11 is 1.70. The monoisotopic (exact) mass is 409 g/mol. The summed E-state index contributed by atoms with van der Waals surface area (Å²) in [5, 5.41) is 11.4. The zero-order chi connectivity index (χ0) is 20.1. The van der Waals surface area contributed by atoms with Crippen LogP contribution in [0.1, 0.15) is 20.8 Å². The maximum atomic E-state index is 11.4. The molecule has 3 heterocycles. The number of rotatable bonds is 7. The van der Waals surface area contributed by atoms with Crippen LogP contribution in [0.25, 0.3) is 0 Å². The van der Waals surface area contributed by atoms with Crippen molar-refractivity contribution in [3.05, 3.63) is 76.1 Å². The van der Waals surface area contributed by atoms with Crippen LogP contribution in [0.5, 0.6) is 5.75 Å². The topological polar surface area (TPSA) is 65.9 Å². The predicted molar refractivity (Wildman–Crippen MR) is 114 cm³/mol. The van der Waals surface area contributed by atoms with Crippen LogP contribution in [0.3, 0.4) is 0 Å².